The lowest BCUT2D eigenvalue weighted by Crippen LogP contribution is -2.19. The first-order valence-electron chi connectivity index (χ1n) is 5.08. The van der Waals surface area contributed by atoms with E-state index in [9.17, 15) is 0 Å². The molecule has 2 aromatic carbocycles. The second-order valence-corrected chi connectivity index (χ2v) is 3.98. The molecular formula is C13H13ClN2. The zero-order chi connectivity index (χ0) is 11.4. The van der Waals surface area contributed by atoms with Crippen LogP contribution < -0.4 is 11.1 Å². The zero-order valence-electron chi connectivity index (χ0n) is 8.73. The number of halogens is 1. The lowest BCUT2D eigenvalue weighted by atomic mass is 10.1. The Labute approximate surface area is 100 Å². The molecule has 0 aliphatic rings. The summed E-state index contributed by atoms with van der Waals surface area (Å²) in [5.41, 5.74) is 8.04. The predicted octanol–water partition coefficient (Wildman–Crippen LogP) is 3.41. The maximum atomic E-state index is 6.02. The van der Waals surface area contributed by atoms with Gasteiger partial charge in [-0.3, -0.25) is 0 Å². The van der Waals surface area contributed by atoms with Crippen LogP contribution in [-0.4, -0.2) is 0 Å². The molecular weight excluding hydrogens is 220 g/mol. The van der Waals surface area contributed by atoms with Gasteiger partial charge in [0.1, 0.15) is 6.17 Å². The van der Waals surface area contributed by atoms with E-state index in [1.54, 1.807) is 0 Å². The summed E-state index contributed by atoms with van der Waals surface area (Å²) in [5.74, 6) is 0. The van der Waals surface area contributed by atoms with Crippen molar-refractivity contribution in [2.24, 2.45) is 5.73 Å². The Bertz CT molecular complexity index is 439. The van der Waals surface area contributed by atoms with Crippen LogP contribution in [0, 0.1) is 0 Å². The monoisotopic (exact) mass is 232 g/mol. The second kappa shape index (κ2) is 5.01. The number of rotatable bonds is 3. The summed E-state index contributed by atoms with van der Waals surface area (Å²) in [6, 6.07) is 17.4. The van der Waals surface area contributed by atoms with Crippen LogP contribution in [0.5, 0.6) is 0 Å². The van der Waals surface area contributed by atoms with E-state index in [-0.39, 0.29) is 6.17 Å². The van der Waals surface area contributed by atoms with E-state index in [1.807, 2.05) is 54.6 Å². The van der Waals surface area contributed by atoms with Crippen molar-refractivity contribution in [2.75, 3.05) is 5.32 Å². The predicted molar refractivity (Wildman–Crippen MR) is 68.4 cm³/mol. The first kappa shape index (κ1) is 11.0. The van der Waals surface area contributed by atoms with E-state index in [1.165, 1.54) is 0 Å². The van der Waals surface area contributed by atoms with Gasteiger partial charge >= 0.3 is 0 Å². The summed E-state index contributed by atoms with van der Waals surface area (Å²) in [5, 5.41) is 3.93. The molecule has 1 unspecified atom stereocenters. The van der Waals surface area contributed by atoms with Crippen LogP contribution in [0.3, 0.4) is 0 Å². The molecule has 2 rings (SSSR count). The molecule has 3 heteroatoms. The largest absolute Gasteiger partial charge is 0.366 e. The van der Waals surface area contributed by atoms with Gasteiger partial charge in [-0.25, -0.2) is 0 Å². The molecule has 2 nitrogen and oxygen atoms in total. The number of para-hydroxylation sites is 1. The zero-order valence-corrected chi connectivity index (χ0v) is 9.48. The van der Waals surface area contributed by atoms with E-state index in [0.29, 0.717) is 0 Å². The Balaban J connectivity index is 2.09. The van der Waals surface area contributed by atoms with E-state index in [0.717, 1.165) is 16.3 Å². The van der Waals surface area contributed by atoms with Crippen molar-refractivity contribution in [1.29, 1.82) is 0 Å². The summed E-state index contributed by atoms with van der Waals surface area (Å²) in [6.45, 7) is 0. The topological polar surface area (TPSA) is 38.0 Å². The highest BCUT2D eigenvalue weighted by Gasteiger charge is 2.04. The highest BCUT2D eigenvalue weighted by atomic mass is 35.5. The molecule has 0 spiro atoms. The van der Waals surface area contributed by atoms with Crippen LogP contribution in [0.4, 0.5) is 5.69 Å². The molecule has 0 saturated heterocycles. The van der Waals surface area contributed by atoms with Crippen molar-refractivity contribution < 1.29 is 0 Å². The summed E-state index contributed by atoms with van der Waals surface area (Å²) in [7, 11) is 0. The highest BCUT2D eigenvalue weighted by molar-refractivity contribution is 6.30. The Morgan fingerprint density at radius 1 is 0.938 bits per heavy atom. The first-order chi connectivity index (χ1) is 7.75. The number of nitrogens with two attached hydrogens (primary N) is 1. The van der Waals surface area contributed by atoms with Crippen LogP contribution >= 0.6 is 11.6 Å². The number of hydrogen-bond acceptors (Lipinski definition) is 2. The van der Waals surface area contributed by atoms with Crippen molar-refractivity contribution in [3.63, 3.8) is 0 Å². The molecule has 0 fully saturated rings. The molecule has 0 saturated carbocycles. The quantitative estimate of drug-likeness (QED) is 0.796. The molecule has 0 aliphatic heterocycles. The van der Waals surface area contributed by atoms with Crippen molar-refractivity contribution in [3.8, 4) is 0 Å². The average Bonchev–Trinajstić information content (AvgIpc) is 2.31. The third-order valence-electron chi connectivity index (χ3n) is 2.33. The summed E-state index contributed by atoms with van der Waals surface area (Å²) in [4.78, 5) is 0. The van der Waals surface area contributed by atoms with E-state index < -0.39 is 0 Å². The molecule has 16 heavy (non-hydrogen) atoms. The van der Waals surface area contributed by atoms with Gasteiger partial charge in [0.2, 0.25) is 0 Å². The molecule has 0 amide bonds. The second-order valence-electron chi connectivity index (χ2n) is 3.54. The lowest BCUT2D eigenvalue weighted by molar-refractivity contribution is 0.836. The summed E-state index contributed by atoms with van der Waals surface area (Å²) in [6.07, 6.45) is -0.223. The minimum absolute atomic E-state index is 0.223. The first-order valence-corrected chi connectivity index (χ1v) is 5.46. The minimum atomic E-state index is -0.223. The maximum absolute atomic E-state index is 6.02. The average molecular weight is 233 g/mol. The van der Waals surface area contributed by atoms with Gasteiger partial charge in [0.05, 0.1) is 0 Å². The van der Waals surface area contributed by atoms with E-state index in [4.69, 9.17) is 17.3 Å². The van der Waals surface area contributed by atoms with Crippen molar-refractivity contribution in [2.45, 2.75) is 6.17 Å². The van der Waals surface area contributed by atoms with Crippen LogP contribution in [0.25, 0.3) is 0 Å². The van der Waals surface area contributed by atoms with Crippen LogP contribution in [0.2, 0.25) is 5.02 Å². The van der Waals surface area contributed by atoms with E-state index >= 15 is 0 Å². The Kier molecular flexibility index (Phi) is 3.44. The van der Waals surface area contributed by atoms with E-state index in [2.05, 4.69) is 5.32 Å². The van der Waals surface area contributed by atoms with Gasteiger partial charge in [0.25, 0.3) is 0 Å². The summed E-state index contributed by atoms with van der Waals surface area (Å²) < 4.78 is 0. The van der Waals surface area contributed by atoms with Crippen LogP contribution in [-0.2, 0) is 0 Å². The Morgan fingerprint density at radius 3 is 2.19 bits per heavy atom. The van der Waals surface area contributed by atoms with Gasteiger partial charge in [-0.15, -0.1) is 0 Å². The molecule has 0 bridgehead atoms. The number of benzene rings is 2. The summed E-state index contributed by atoms with van der Waals surface area (Å²) >= 11 is 5.82. The molecule has 0 aromatic heterocycles. The van der Waals surface area contributed by atoms with Gasteiger partial charge in [-0.05, 0) is 29.8 Å². The van der Waals surface area contributed by atoms with Gasteiger partial charge in [0, 0.05) is 10.7 Å². The Morgan fingerprint density at radius 2 is 1.56 bits per heavy atom. The molecule has 3 N–H and O–H groups in total. The molecule has 1 atom stereocenters. The van der Waals surface area contributed by atoms with Crippen LogP contribution in [0.15, 0.2) is 54.6 Å². The molecule has 0 heterocycles. The minimum Gasteiger partial charge on any atom is -0.366 e. The van der Waals surface area contributed by atoms with Gasteiger partial charge < -0.3 is 11.1 Å². The fourth-order valence-electron chi connectivity index (χ4n) is 1.47. The third-order valence-corrected chi connectivity index (χ3v) is 2.58. The number of nitrogens with one attached hydrogen (secondary N) is 1. The third kappa shape index (κ3) is 2.75. The SMILES string of the molecule is NC(Nc1ccccc1)c1ccc(Cl)cc1. The standard InChI is InChI=1S/C13H13ClN2/c14-11-8-6-10(7-9-11)13(15)16-12-4-2-1-3-5-12/h1-9,13,16H,15H2. The normalized spacial score (nSPS) is 12.1. The highest BCUT2D eigenvalue weighted by Crippen LogP contribution is 2.17. The Hall–Kier alpha value is -1.51. The fraction of sp³-hybridized carbons (Fsp3) is 0.0769. The molecule has 0 radical (unpaired) electrons. The van der Waals surface area contributed by atoms with Crippen molar-refractivity contribution in [3.05, 3.63) is 65.2 Å². The lowest BCUT2D eigenvalue weighted by Gasteiger charge is -2.15. The van der Waals surface area contributed by atoms with Crippen molar-refractivity contribution >= 4 is 17.3 Å². The number of anilines is 1. The number of hydrogen-bond donors (Lipinski definition) is 2. The van der Waals surface area contributed by atoms with Gasteiger partial charge in [-0.1, -0.05) is 41.9 Å². The van der Waals surface area contributed by atoms with Crippen LogP contribution in [0.1, 0.15) is 11.7 Å². The molecule has 2 aromatic rings. The molecule has 0 aliphatic carbocycles. The van der Waals surface area contributed by atoms with Crippen molar-refractivity contribution in [1.82, 2.24) is 0 Å². The maximum Gasteiger partial charge on any atom is 0.101 e. The molecule has 82 valence electrons. The fourth-order valence-corrected chi connectivity index (χ4v) is 1.59. The van der Waals surface area contributed by atoms with Gasteiger partial charge in [0.15, 0.2) is 0 Å². The van der Waals surface area contributed by atoms with Gasteiger partial charge in [-0.2, -0.15) is 0 Å². The smallest absolute Gasteiger partial charge is 0.101 e.